The number of hydrogen-bond acceptors (Lipinski definition) is 3. The fourth-order valence-corrected chi connectivity index (χ4v) is 7.47. The summed E-state index contributed by atoms with van der Waals surface area (Å²) < 4.78 is 1.47. The van der Waals surface area contributed by atoms with Gasteiger partial charge < -0.3 is 5.32 Å². The lowest BCUT2D eigenvalue weighted by molar-refractivity contribution is -0.0204. The van der Waals surface area contributed by atoms with Gasteiger partial charge in [-0.2, -0.15) is 11.3 Å². The van der Waals surface area contributed by atoms with E-state index in [-0.39, 0.29) is 0 Å². The van der Waals surface area contributed by atoms with Crippen LogP contribution in [0, 0.1) is 17.8 Å². The van der Waals surface area contributed by atoms with Crippen LogP contribution >= 0.6 is 22.7 Å². The maximum atomic E-state index is 4.01. The molecule has 4 saturated carbocycles. The van der Waals surface area contributed by atoms with E-state index in [4.69, 9.17) is 0 Å². The zero-order chi connectivity index (χ0) is 13.2. The van der Waals surface area contributed by atoms with Crippen LogP contribution in [0.25, 0.3) is 10.1 Å². The molecule has 0 unspecified atom stereocenters. The van der Waals surface area contributed by atoms with Crippen molar-refractivity contribution in [1.29, 1.82) is 0 Å². The summed E-state index contributed by atoms with van der Waals surface area (Å²) in [6.07, 6.45) is 8.98. The van der Waals surface area contributed by atoms with Gasteiger partial charge in [-0.3, -0.25) is 0 Å². The molecule has 2 heterocycles. The Hall–Kier alpha value is -0.380. The third-order valence-electron chi connectivity index (χ3n) is 5.89. The summed E-state index contributed by atoms with van der Waals surface area (Å²) in [6, 6.07) is 2.39. The topological polar surface area (TPSA) is 12.0 Å². The van der Waals surface area contributed by atoms with Gasteiger partial charge in [0.05, 0.1) is 0 Å². The second kappa shape index (κ2) is 4.31. The van der Waals surface area contributed by atoms with Crippen LogP contribution in [0.5, 0.6) is 0 Å². The molecule has 0 atom stereocenters. The fourth-order valence-electron chi connectivity index (χ4n) is 5.52. The molecule has 1 nitrogen and oxygen atoms in total. The minimum atomic E-state index is 0.505. The Labute approximate surface area is 128 Å². The molecule has 3 heteroatoms. The van der Waals surface area contributed by atoms with Crippen LogP contribution in [0.1, 0.15) is 43.4 Å². The first-order valence-electron chi connectivity index (χ1n) is 7.98. The molecule has 2 aromatic rings. The van der Waals surface area contributed by atoms with E-state index in [1.54, 1.807) is 0 Å². The van der Waals surface area contributed by atoms with Gasteiger partial charge in [0, 0.05) is 32.4 Å². The molecule has 0 aliphatic heterocycles. The Bertz CT molecular complexity index is 574. The Morgan fingerprint density at radius 1 is 1.05 bits per heavy atom. The zero-order valence-electron chi connectivity index (χ0n) is 11.7. The molecule has 4 aliphatic rings. The van der Waals surface area contributed by atoms with E-state index in [1.165, 1.54) is 53.5 Å². The first kappa shape index (κ1) is 12.2. The smallest absolute Gasteiger partial charge is 0.0453 e. The summed E-state index contributed by atoms with van der Waals surface area (Å²) in [4.78, 5) is 1.53. The van der Waals surface area contributed by atoms with Gasteiger partial charge >= 0.3 is 0 Å². The van der Waals surface area contributed by atoms with Crippen molar-refractivity contribution in [2.75, 3.05) is 0 Å². The van der Waals surface area contributed by atoms with Crippen molar-refractivity contribution in [3.8, 4) is 0 Å². The second-order valence-corrected chi connectivity index (χ2v) is 9.37. The molecular weight excluding hydrogens is 282 g/mol. The molecule has 20 heavy (non-hydrogen) atoms. The van der Waals surface area contributed by atoms with Crippen LogP contribution in [-0.2, 0) is 6.54 Å². The van der Waals surface area contributed by atoms with E-state index < -0.39 is 0 Å². The maximum Gasteiger partial charge on any atom is 0.0453 e. The zero-order valence-corrected chi connectivity index (χ0v) is 13.4. The molecule has 4 fully saturated rings. The SMILES string of the molecule is c1scc2sc(CNC34CC5CC(CC(C5)C3)C4)cc12. The number of fused-ring (bicyclic) bond motifs is 1. The Kier molecular flexibility index (Phi) is 2.63. The highest BCUT2D eigenvalue weighted by Gasteiger charge is 2.50. The van der Waals surface area contributed by atoms with Crippen molar-refractivity contribution in [2.24, 2.45) is 17.8 Å². The quantitative estimate of drug-likeness (QED) is 0.839. The number of hydrogen-bond donors (Lipinski definition) is 1. The van der Waals surface area contributed by atoms with E-state index in [1.807, 2.05) is 22.7 Å². The van der Waals surface area contributed by atoms with Crippen molar-refractivity contribution in [1.82, 2.24) is 5.32 Å². The van der Waals surface area contributed by atoms with Crippen LogP contribution in [0.2, 0.25) is 0 Å². The molecule has 4 bridgehead atoms. The molecule has 1 N–H and O–H groups in total. The Morgan fingerprint density at radius 2 is 1.75 bits per heavy atom. The summed E-state index contributed by atoms with van der Waals surface area (Å²) in [5, 5.41) is 10.0. The molecule has 0 saturated heterocycles. The van der Waals surface area contributed by atoms with Gasteiger partial charge in [0.1, 0.15) is 0 Å². The largest absolute Gasteiger partial charge is 0.306 e. The van der Waals surface area contributed by atoms with Crippen LogP contribution in [0.15, 0.2) is 16.8 Å². The maximum absolute atomic E-state index is 4.01. The molecular formula is C17H21NS2. The monoisotopic (exact) mass is 303 g/mol. The van der Waals surface area contributed by atoms with Gasteiger partial charge in [-0.05, 0) is 67.7 Å². The highest BCUT2D eigenvalue weighted by Crippen LogP contribution is 2.55. The number of rotatable bonds is 3. The molecule has 2 aromatic heterocycles. The third-order valence-corrected chi connectivity index (χ3v) is 7.90. The fraction of sp³-hybridized carbons (Fsp3) is 0.647. The summed E-state index contributed by atoms with van der Waals surface area (Å²) in [5.41, 5.74) is 0.505. The summed E-state index contributed by atoms with van der Waals surface area (Å²) in [7, 11) is 0. The van der Waals surface area contributed by atoms with Gasteiger partial charge in [-0.25, -0.2) is 0 Å². The lowest BCUT2D eigenvalue weighted by Crippen LogP contribution is -2.58. The van der Waals surface area contributed by atoms with Crippen LogP contribution in [0.3, 0.4) is 0 Å². The van der Waals surface area contributed by atoms with Crippen LogP contribution in [0.4, 0.5) is 0 Å². The Balaban J connectivity index is 1.35. The van der Waals surface area contributed by atoms with Crippen molar-refractivity contribution in [3.05, 3.63) is 21.7 Å². The summed E-state index contributed by atoms with van der Waals surface area (Å²) in [6.45, 7) is 1.09. The van der Waals surface area contributed by atoms with Crippen molar-refractivity contribution >= 4 is 32.8 Å². The molecule has 0 radical (unpaired) electrons. The van der Waals surface area contributed by atoms with E-state index in [2.05, 4.69) is 22.1 Å². The van der Waals surface area contributed by atoms with Gasteiger partial charge in [-0.15, -0.1) is 11.3 Å². The molecule has 0 aromatic carbocycles. The minimum absolute atomic E-state index is 0.505. The minimum Gasteiger partial charge on any atom is -0.306 e. The van der Waals surface area contributed by atoms with Crippen molar-refractivity contribution in [2.45, 2.75) is 50.6 Å². The van der Waals surface area contributed by atoms with E-state index >= 15 is 0 Å². The van der Waals surface area contributed by atoms with Crippen molar-refractivity contribution in [3.63, 3.8) is 0 Å². The van der Waals surface area contributed by atoms with E-state index in [9.17, 15) is 0 Å². The van der Waals surface area contributed by atoms with E-state index in [0.717, 1.165) is 24.3 Å². The standard InChI is InChI=1S/C17H21NS2/c1-11-2-13-3-12(1)6-17(5-11,7-13)18-8-15-4-14-9-19-10-16(14)20-15/h4,9-13,18H,1-3,5-8H2. The third kappa shape index (κ3) is 1.90. The van der Waals surface area contributed by atoms with Gasteiger partial charge in [0.15, 0.2) is 0 Å². The van der Waals surface area contributed by atoms with Gasteiger partial charge in [0.2, 0.25) is 0 Å². The average Bonchev–Trinajstić information content (AvgIpc) is 2.95. The first-order valence-corrected chi connectivity index (χ1v) is 9.74. The lowest BCUT2D eigenvalue weighted by Gasteiger charge is -2.57. The average molecular weight is 303 g/mol. The summed E-state index contributed by atoms with van der Waals surface area (Å²) >= 11 is 3.80. The number of nitrogens with one attached hydrogen (secondary N) is 1. The van der Waals surface area contributed by atoms with Crippen molar-refractivity contribution < 1.29 is 0 Å². The summed E-state index contributed by atoms with van der Waals surface area (Å²) in [5.74, 6) is 3.13. The normalized spacial score (nSPS) is 38.9. The Morgan fingerprint density at radius 3 is 2.40 bits per heavy atom. The molecule has 6 rings (SSSR count). The van der Waals surface area contributed by atoms with Crippen LogP contribution < -0.4 is 5.32 Å². The molecule has 0 amide bonds. The number of thiophene rings is 2. The second-order valence-electron chi connectivity index (χ2n) is 7.46. The molecule has 0 spiro atoms. The molecule has 106 valence electrons. The van der Waals surface area contributed by atoms with Crippen LogP contribution in [-0.4, -0.2) is 5.54 Å². The first-order chi connectivity index (χ1) is 9.78. The lowest BCUT2D eigenvalue weighted by atomic mass is 9.53. The van der Waals surface area contributed by atoms with Gasteiger partial charge in [-0.1, -0.05) is 0 Å². The predicted octanol–water partition coefficient (Wildman–Crippen LogP) is 5.02. The highest BCUT2D eigenvalue weighted by atomic mass is 32.1. The molecule has 4 aliphatic carbocycles. The highest BCUT2D eigenvalue weighted by molar-refractivity contribution is 7.22. The van der Waals surface area contributed by atoms with E-state index in [0.29, 0.717) is 5.54 Å². The predicted molar refractivity (Wildman–Crippen MR) is 87.4 cm³/mol. The van der Waals surface area contributed by atoms with Gasteiger partial charge in [0.25, 0.3) is 0 Å².